The summed E-state index contributed by atoms with van der Waals surface area (Å²) < 4.78 is 0.348. The van der Waals surface area contributed by atoms with Crippen LogP contribution in [0.15, 0.2) is 0 Å². The second-order valence-electron chi connectivity index (χ2n) is 2.56. The largest absolute Gasteiger partial charge is 0.324 e. The first-order valence-corrected chi connectivity index (χ1v) is 26.1. The number of hydrogen-bond donors (Lipinski definition) is 0. The van der Waals surface area contributed by atoms with Crippen molar-refractivity contribution in [3.05, 3.63) is 0 Å². The van der Waals surface area contributed by atoms with Crippen molar-refractivity contribution in [3.8, 4) is 0 Å². The van der Waals surface area contributed by atoms with E-state index >= 15 is 0 Å². The highest BCUT2D eigenvalue weighted by atomic mass is 127. The first kappa shape index (κ1) is 17.8. The van der Waals surface area contributed by atoms with Crippen LogP contribution in [0.4, 0.5) is 0 Å². The van der Waals surface area contributed by atoms with Gasteiger partial charge in [-0.05, 0) is 12.5 Å². The summed E-state index contributed by atoms with van der Waals surface area (Å²) in [7, 11) is 0. The summed E-state index contributed by atoms with van der Waals surface area (Å²) in [6.07, 6.45) is 1.26. The molecule has 0 saturated heterocycles. The zero-order valence-corrected chi connectivity index (χ0v) is 21.9. The van der Waals surface area contributed by atoms with Gasteiger partial charge in [-0.25, -0.2) is 0 Å². The van der Waals surface area contributed by atoms with Crippen LogP contribution < -0.4 is 0 Å². The molecule has 1 atom stereocenters. The Morgan fingerprint density at radius 3 is 1.38 bits per heavy atom. The SMILES string of the molecule is CCC(C)N([Si](I)(I)I)[Si](I)(I)I. The van der Waals surface area contributed by atoms with Gasteiger partial charge in [0.05, 0.1) is 0 Å². The van der Waals surface area contributed by atoms with Gasteiger partial charge in [0, 0.05) is 0 Å². The van der Waals surface area contributed by atoms with Crippen molar-refractivity contribution in [2.24, 2.45) is 0 Å². The van der Waals surface area contributed by atoms with E-state index in [0.29, 0.717) is 0 Å². The van der Waals surface area contributed by atoms with Crippen LogP contribution in [0, 0.1) is 0 Å². The van der Waals surface area contributed by atoms with Crippen LogP contribution in [0.5, 0.6) is 0 Å². The third-order valence-corrected chi connectivity index (χ3v) is 23.1. The van der Waals surface area contributed by atoms with E-state index in [4.69, 9.17) is 0 Å². The lowest BCUT2D eigenvalue weighted by Crippen LogP contribution is -2.54. The minimum atomic E-state index is -1.22. The number of halogens is 6. The molecule has 0 saturated carbocycles. The predicted octanol–water partition coefficient (Wildman–Crippen LogP) is 5.57. The molecule has 0 amide bonds. The fourth-order valence-corrected chi connectivity index (χ4v) is 68.8. The normalized spacial score (nSPS) is 16.4. The van der Waals surface area contributed by atoms with E-state index in [1.54, 1.807) is 0 Å². The maximum absolute atomic E-state index is 2.80. The molecule has 9 heteroatoms. The van der Waals surface area contributed by atoms with E-state index in [0.717, 1.165) is 6.04 Å². The van der Waals surface area contributed by atoms with Crippen molar-refractivity contribution < 1.29 is 0 Å². The molecule has 0 aromatic carbocycles. The van der Waals surface area contributed by atoms with Gasteiger partial charge in [0.2, 0.25) is 0 Å². The van der Waals surface area contributed by atoms with Crippen LogP contribution in [0.1, 0.15) is 20.3 Å². The molecule has 1 unspecified atom stereocenters. The summed E-state index contributed by atoms with van der Waals surface area (Å²) in [6, 6.07) is 0.731. The first-order valence-electron chi connectivity index (χ1n) is 3.53. The Balaban J connectivity index is 4.78. The fraction of sp³-hybridized carbons (Fsp3) is 1.00. The molecular formula is C4H9I6NSi2. The molecule has 0 N–H and O–H groups in total. The van der Waals surface area contributed by atoms with Crippen LogP contribution >= 0.6 is 131 Å². The molecule has 0 rings (SSSR count). The van der Waals surface area contributed by atoms with Crippen molar-refractivity contribution in [3.63, 3.8) is 0 Å². The van der Waals surface area contributed by atoms with E-state index in [9.17, 15) is 0 Å². The zero-order valence-electron chi connectivity index (χ0n) is 7.00. The monoisotopic (exact) mass is 888 g/mol. The molecule has 13 heavy (non-hydrogen) atoms. The molecule has 1 nitrogen and oxygen atoms in total. The Morgan fingerprint density at radius 2 is 1.31 bits per heavy atom. The van der Waals surface area contributed by atoms with Gasteiger partial charge in [-0.15, -0.1) is 0 Å². The highest BCUT2D eigenvalue weighted by Crippen LogP contribution is 2.46. The molecule has 0 fully saturated rings. The minimum Gasteiger partial charge on any atom is -0.296 e. The van der Waals surface area contributed by atoms with E-state index in [-0.39, 0.29) is 0 Å². The van der Waals surface area contributed by atoms with Crippen LogP contribution in [0.25, 0.3) is 0 Å². The van der Waals surface area contributed by atoms with Crippen molar-refractivity contribution in [1.82, 2.24) is 4.23 Å². The summed E-state index contributed by atoms with van der Waals surface area (Å²) in [5, 5.41) is 0. The average molecular weight is 889 g/mol. The van der Waals surface area contributed by atoms with Gasteiger partial charge in [-0.2, -0.15) is 0 Å². The van der Waals surface area contributed by atoms with Gasteiger partial charge in [0.25, 0.3) is 0 Å². The lowest BCUT2D eigenvalue weighted by atomic mass is 10.3. The van der Waals surface area contributed by atoms with Gasteiger partial charge in [0.1, 0.15) is 0 Å². The molecule has 0 aliphatic carbocycles. The maximum atomic E-state index is 2.80. The zero-order chi connectivity index (χ0) is 10.9. The topological polar surface area (TPSA) is 3.24 Å². The van der Waals surface area contributed by atoms with Gasteiger partial charge in [0.15, 0.2) is 0 Å². The molecular weight excluding hydrogens is 880 g/mol. The van der Waals surface area contributed by atoms with Gasteiger partial charge >= 0.3 is 1.45 Å². The van der Waals surface area contributed by atoms with Gasteiger partial charge in [-0.3, -0.25) is 4.23 Å². The molecule has 0 aromatic rings. The average Bonchev–Trinajstić information content (AvgIpc) is 1.80. The quantitative estimate of drug-likeness (QED) is 0.203. The Labute approximate surface area is 159 Å². The molecule has 0 radical (unpaired) electrons. The van der Waals surface area contributed by atoms with Crippen molar-refractivity contribution >= 4 is 132 Å². The van der Waals surface area contributed by atoms with Crippen LogP contribution in [-0.4, -0.2) is 11.7 Å². The highest BCUT2D eigenvalue weighted by molar-refractivity contribution is 14.4. The maximum Gasteiger partial charge on any atom is 0.324 e. The lowest BCUT2D eigenvalue weighted by molar-refractivity contribution is 0.503. The van der Waals surface area contributed by atoms with Gasteiger partial charge < -0.3 is 0 Å². The van der Waals surface area contributed by atoms with Crippen molar-refractivity contribution in [1.29, 1.82) is 0 Å². The Bertz CT molecular complexity index is 151. The van der Waals surface area contributed by atoms with Crippen LogP contribution in [0.3, 0.4) is 0 Å². The van der Waals surface area contributed by atoms with Crippen LogP contribution in [-0.2, 0) is 0 Å². The van der Waals surface area contributed by atoms with Crippen molar-refractivity contribution in [2.45, 2.75) is 26.3 Å². The molecule has 0 aliphatic rings. The van der Waals surface area contributed by atoms with E-state index in [1.165, 1.54) is 6.42 Å². The summed E-state index contributed by atoms with van der Waals surface area (Å²) in [6.45, 7) is 4.64. The van der Waals surface area contributed by atoms with Gasteiger partial charge in [-0.1, -0.05) is 145 Å². The van der Waals surface area contributed by atoms with Crippen molar-refractivity contribution in [2.75, 3.05) is 0 Å². The first-order chi connectivity index (χ1) is 5.60. The molecule has 0 aliphatic heterocycles. The smallest absolute Gasteiger partial charge is 0.296 e. The summed E-state index contributed by atoms with van der Waals surface area (Å²) >= 11 is 16.0. The summed E-state index contributed by atoms with van der Waals surface area (Å²) in [5.41, 5.74) is 0. The highest BCUT2D eigenvalue weighted by Gasteiger charge is 2.46. The molecule has 0 heterocycles. The van der Waals surface area contributed by atoms with E-state index in [1.807, 2.05) is 0 Å². The Kier molecular flexibility index (Phi) is 10.1. The molecule has 80 valence electrons. The summed E-state index contributed by atoms with van der Waals surface area (Å²) in [5.74, 6) is 0. The van der Waals surface area contributed by atoms with E-state index < -0.39 is 1.45 Å². The Morgan fingerprint density at radius 1 is 1.00 bits per heavy atom. The predicted molar refractivity (Wildman–Crippen MR) is 117 cm³/mol. The number of rotatable bonds is 4. The molecule has 0 bridgehead atoms. The summed E-state index contributed by atoms with van der Waals surface area (Å²) in [4.78, 5) is 0. The standard InChI is InChI=1S/C4H9I6NSi2/c1-3-4(2)11(12(5,6)7)13(8,9)10/h4H,3H2,1-2H3. The molecule has 0 aromatic heterocycles. The number of hydrogen-bond acceptors (Lipinski definition) is 1. The second kappa shape index (κ2) is 7.38. The third-order valence-electron chi connectivity index (χ3n) is 1.58. The molecule has 0 spiro atoms. The fourth-order valence-electron chi connectivity index (χ4n) is 0.826. The second-order valence-corrected chi connectivity index (χ2v) is 71.1. The van der Waals surface area contributed by atoms with Crippen LogP contribution in [0.2, 0.25) is 0 Å². The van der Waals surface area contributed by atoms with E-state index in [2.05, 4.69) is 149 Å². The third kappa shape index (κ3) is 7.06. The Hall–Kier alpha value is 4.77. The minimum absolute atomic E-state index is 0.731. The number of nitrogens with zero attached hydrogens (tertiary/aromatic N) is 1. The lowest BCUT2D eigenvalue weighted by Gasteiger charge is -2.39.